The highest BCUT2D eigenvalue weighted by Gasteiger charge is 2.41. The van der Waals surface area contributed by atoms with E-state index in [2.05, 4.69) is 0 Å². The number of aliphatic hydroxyl groups excluding tert-OH is 1. The number of hydrogen-bond donors (Lipinski definition) is 2. The second-order valence-corrected chi connectivity index (χ2v) is 1.90. The lowest BCUT2D eigenvalue weighted by molar-refractivity contribution is -0.136. The van der Waals surface area contributed by atoms with Crippen LogP contribution in [0.15, 0.2) is 11.8 Å². The Hall–Kier alpha value is -0.970. The number of aliphatic hydroxyl groups is 1. The molecule has 0 fully saturated rings. The average Bonchev–Trinajstić information content (AvgIpc) is 2.08. The minimum Gasteiger partial charge on any atom is -0.390 e. The van der Waals surface area contributed by atoms with E-state index in [1.54, 1.807) is 0 Å². The number of amides is 1. The van der Waals surface area contributed by atoms with E-state index in [1.165, 1.54) is 0 Å². The Kier molecular flexibility index (Phi) is 1.44. The van der Waals surface area contributed by atoms with Gasteiger partial charge in [0.1, 0.15) is 0 Å². The summed E-state index contributed by atoms with van der Waals surface area (Å²) in [4.78, 5) is 10.2. The summed E-state index contributed by atoms with van der Waals surface area (Å²) in [6.45, 7) is -0.568. The number of carbonyl (C=O) groups excluding carboxylic acids is 1. The first-order valence-corrected chi connectivity index (χ1v) is 2.58. The lowest BCUT2D eigenvalue weighted by atomic mass is 10.3. The number of nitrogens with one attached hydrogen (secondary N) is 1. The maximum Gasteiger partial charge on any atom is 0.345 e. The Morgan fingerprint density at radius 1 is 1.70 bits per heavy atom. The highest BCUT2D eigenvalue weighted by Crippen LogP contribution is 2.22. The summed E-state index contributed by atoms with van der Waals surface area (Å²) < 4.78 is 24.4. The van der Waals surface area contributed by atoms with Gasteiger partial charge in [-0.15, -0.1) is 0 Å². The average molecular weight is 149 g/mol. The third-order valence-corrected chi connectivity index (χ3v) is 1.10. The minimum absolute atomic E-state index is 0.144. The zero-order valence-corrected chi connectivity index (χ0v) is 4.90. The van der Waals surface area contributed by atoms with Crippen molar-refractivity contribution >= 4 is 5.91 Å². The molecule has 10 heavy (non-hydrogen) atoms. The molecule has 0 saturated heterocycles. The molecule has 0 bridgehead atoms. The molecule has 0 aromatic heterocycles. The van der Waals surface area contributed by atoms with Crippen LogP contribution in [0.25, 0.3) is 0 Å². The van der Waals surface area contributed by atoms with Crippen molar-refractivity contribution in [3.8, 4) is 0 Å². The van der Waals surface area contributed by atoms with Gasteiger partial charge < -0.3 is 10.4 Å². The molecule has 0 aromatic carbocycles. The molecule has 0 aromatic rings. The molecule has 0 atom stereocenters. The quantitative estimate of drug-likeness (QED) is 0.534. The Morgan fingerprint density at radius 2 is 2.30 bits per heavy atom. The van der Waals surface area contributed by atoms with E-state index in [1.807, 2.05) is 5.32 Å². The van der Waals surface area contributed by atoms with Gasteiger partial charge in [0.05, 0.1) is 6.61 Å². The van der Waals surface area contributed by atoms with Crippen LogP contribution in [-0.2, 0) is 4.79 Å². The fourth-order valence-electron chi connectivity index (χ4n) is 0.635. The smallest absolute Gasteiger partial charge is 0.345 e. The van der Waals surface area contributed by atoms with Crippen molar-refractivity contribution < 1.29 is 18.7 Å². The predicted molar refractivity (Wildman–Crippen MR) is 28.3 cm³/mol. The fourth-order valence-corrected chi connectivity index (χ4v) is 0.635. The number of rotatable bonds is 1. The van der Waals surface area contributed by atoms with Gasteiger partial charge in [-0.25, -0.2) is 0 Å². The van der Waals surface area contributed by atoms with Crippen LogP contribution < -0.4 is 5.32 Å². The third-order valence-electron chi connectivity index (χ3n) is 1.10. The molecular weight excluding hydrogens is 144 g/mol. The summed E-state index contributed by atoms with van der Waals surface area (Å²) >= 11 is 0. The lowest BCUT2D eigenvalue weighted by Gasteiger charge is -1.99. The Morgan fingerprint density at radius 3 is 2.50 bits per heavy atom. The van der Waals surface area contributed by atoms with Gasteiger partial charge >= 0.3 is 5.92 Å². The van der Waals surface area contributed by atoms with Crippen LogP contribution in [0.2, 0.25) is 0 Å². The second-order valence-electron chi connectivity index (χ2n) is 1.90. The van der Waals surface area contributed by atoms with Crippen molar-refractivity contribution in [2.75, 3.05) is 6.61 Å². The van der Waals surface area contributed by atoms with E-state index < -0.39 is 18.4 Å². The second kappa shape index (κ2) is 2.02. The Balaban J connectivity index is 2.81. The molecule has 56 valence electrons. The summed E-state index contributed by atoms with van der Waals surface area (Å²) in [5.41, 5.74) is -0.144. The van der Waals surface area contributed by atoms with Crippen LogP contribution >= 0.6 is 0 Å². The third kappa shape index (κ3) is 0.995. The predicted octanol–water partition coefficient (Wildman–Crippen LogP) is -0.372. The maximum absolute atomic E-state index is 12.2. The Labute approximate surface area is 55.3 Å². The zero-order chi connectivity index (χ0) is 7.78. The van der Waals surface area contributed by atoms with E-state index in [0.29, 0.717) is 6.08 Å². The zero-order valence-electron chi connectivity index (χ0n) is 4.90. The van der Waals surface area contributed by atoms with Gasteiger partial charge in [-0.3, -0.25) is 4.79 Å². The molecule has 0 aliphatic carbocycles. The topological polar surface area (TPSA) is 49.3 Å². The van der Waals surface area contributed by atoms with E-state index in [9.17, 15) is 13.6 Å². The molecule has 3 nitrogen and oxygen atoms in total. The molecule has 1 heterocycles. The number of alkyl halides is 2. The number of halogens is 2. The van der Waals surface area contributed by atoms with Crippen LogP contribution in [0, 0.1) is 0 Å². The number of carbonyl (C=O) groups is 1. The molecule has 1 rings (SSSR count). The van der Waals surface area contributed by atoms with Gasteiger partial charge in [0.15, 0.2) is 0 Å². The minimum atomic E-state index is -3.45. The summed E-state index contributed by atoms with van der Waals surface area (Å²) in [5.74, 6) is -4.82. The molecule has 2 N–H and O–H groups in total. The van der Waals surface area contributed by atoms with Gasteiger partial charge in [-0.1, -0.05) is 0 Å². The Bertz CT molecular complexity index is 200. The van der Waals surface area contributed by atoms with Crippen LogP contribution in [0.4, 0.5) is 8.78 Å². The molecule has 0 spiro atoms. The van der Waals surface area contributed by atoms with Gasteiger partial charge in [-0.2, -0.15) is 8.78 Å². The molecular formula is C5H5F2NO2. The molecule has 5 heteroatoms. The van der Waals surface area contributed by atoms with E-state index in [0.717, 1.165) is 0 Å². The molecule has 0 saturated carbocycles. The van der Waals surface area contributed by atoms with Crippen molar-refractivity contribution in [1.29, 1.82) is 0 Å². The summed E-state index contributed by atoms with van der Waals surface area (Å²) in [6.07, 6.45) is 0.412. The first kappa shape index (κ1) is 7.14. The van der Waals surface area contributed by atoms with Crippen LogP contribution in [0.3, 0.4) is 0 Å². The first-order chi connectivity index (χ1) is 4.56. The van der Waals surface area contributed by atoms with E-state index in [4.69, 9.17) is 5.11 Å². The maximum atomic E-state index is 12.2. The number of hydrogen-bond acceptors (Lipinski definition) is 2. The fraction of sp³-hybridized carbons (Fsp3) is 0.400. The van der Waals surface area contributed by atoms with E-state index >= 15 is 0 Å². The molecule has 1 aliphatic rings. The standard InChI is InChI=1S/C5H5F2NO2/c6-5(7)1-3(2-9)8-4(5)10/h1,9H,2H2,(H,8,10). The molecule has 1 aliphatic heterocycles. The highest BCUT2D eigenvalue weighted by molar-refractivity contribution is 5.90. The SMILES string of the molecule is O=C1NC(CO)=CC1(F)F. The molecule has 0 unspecified atom stereocenters. The van der Waals surface area contributed by atoms with Crippen molar-refractivity contribution in [2.45, 2.75) is 5.92 Å². The summed E-state index contributed by atoms with van der Waals surface area (Å²) in [7, 11) is 0. The van der Waals surface area contributed by atoms with Crippen LogP contribution in [0.1, 0.15) is 0 Å². The first-order valence-electron chi connectivity index (χ1n) is 2.58. The van der Waals surface area contributed by atoms with E-state index in [-0.39, 0.29) is 5.70 Å². The monoisotopic (exact) mass is 149 g/mol. The van der Waals surface area contributed by atoms with Crippen LogP contribution in [-0.4, -0.2) is 23.5 Å². The summed E-state index contributed by atoms with van der Waals surface area (Å²) in [6, 6.07) is 0. The highest BCUT2D eigenvalue weighted by atomic mass is 19.3. The van der Waals surface area contributed by atoms with Crippen molar-refractivity contribution in [2.24, 2.45) is 0 Å². The van der Waals surface area contributed by atoms with Gasteiger partial charge in [0.2, 0.25) is 0 Å². The summed E-state index contributed by atoms with van der Waals surface area (Å²) in [5, 5.41) is 10.1. The normalized spacial score (nSPS) is 22.3. The van der Waals surface area contributed by atoms with Gasteiger partial charge in [-0.05, 0) is 0 Å². The molecule has 0 radical (unpaired) electrons. The molecule has 1 amide bonds. The van der Waals surface area contributed by atoms with Crippen LogP contribution in [0.5, 0.6) is 0 Å². The van der Waals surface area contributed by atoms with Gasteiger partial charge in [0, 0.05) is 11.8 Å². The lowest BCUT2D eigenvalue weighted by Crippen LogP contribution is -2.30. The van der Waals surface area contributed by atoms with Crippen molar-refractivity contribution in [3.05, 3.63) is 11.8 Å². The van der Waals surface area contributed by atoms with Gasteiger partial charge in [0.25, 0.3) is 5.91 Å². The van der Waals surface area contributed by atoms with Crippen molar-refractivity contribution in [3.63, 3.8) is 0 Å². The largest absolute Gasteiger partial charge is 0.390 e. The van der Waals surface area contributed by atoms with Crippen molar-refractivity contribution in [1.82, 2.24) is 5.32 Å².